The second kappa shape index (κ2) is 7.63. The molecule has 0 aromatic rings. The van der Waals surface area contributed by atoms with Crippen LogP contribution >= 0.6 is 0 Å². The molecule has 1 rings (SSSR count). The van der Waals surface area contributed by atoms with Crippen LogP contribution in [0.25, 0.3) is 0 Å². The van der Waals surface area contributed by atoms with E-state index in [0.29, 0.717) is 0 Å². The summed E-state index contributed by atoms with van der Waals surface area (Å²) in [6, 6.07) is 0. The van der Waals surface area contributed by atoms with Gasteiger partial charge in [0.15, 0.2) is 0 Å². The first kappa shape index (κ1) is 15.3. The summed E-state index contributed by atoms with van der Waals surface area (Å²) in [5, 5.41) is 10.1. The highest BCUT2D eigenvalue weighted by atomic mass is 16.5. The second-order valence-electron chi connectivity index (χ2n) is 5.54. The molecule has 104 valence electrons. The van der Waals surface area contributed by atoms with Crippen molar-refractivity contribution in [2.45, 2.75) is 64.9 Å². The van der Waals surface area contributed by atoms with Crippen molar-refractivity contribution in [2.24, 2.45) is 5.92 Å². The molecule has 1 aliphatic carbocycles. The van der Waals surface area contributed by atoms with Gasteiger partial charge in [-0.15, -0.1) is 0 Å². The van der Waals surface area contributed by atoms with Crippen molar-refractivity contribution >= 4 is 0 Å². The number of hydrogen-bond donors (Lipinski definition) is 1. The van der Waals surface area contributed by atoms with Crippen LogP contribution in [0.3, 0.4) is 0 Å². The molecule has 0 amide bonds. The Morgan fingerprint density at radius 2 is 1.89 bits per heavy atom. The lowest BCUT2D eigenvalue weighted by atomic mass is 9.86. The molecular formula is C16H28O2. The van der Waals surface area contributed by atoms with Crippen molar-refractivity contribution in [3.63, 3.8) is 0 Å². The van der Waals surface area contributed by atoms with Gasteiger partial charge in [-0.2, -0.15) is 0 Å². The molecule has 0 saturated heterocycles. The predicted octanol–water partition coefficient (Wildman–Crippen LogP) is 4.20. The van der Waals surface area contributed by atoms with Gasteiger partial charge in [0, 0.05) is 5.92 Å². The van der Waals surface area contributed by atoms with E-state index in [1.807, 2.05) is 32.1 Å². The smallest absolute Gasteiger partial charge is 0.117 e. The Kier molecular flexibility index (Phi) is 6.48. The van der Waals surface area contributed by atoms with Crippen LogP contribution in [-0.4, -0.2) is 17.3 Å². The fourth-order valence-corrected chi connectivity index (χ4v) is 2.06. The van der Waals surface area contributed by atoms with Crippen molar-refractivity contribution in [3.05, 3.63) is 24.0 Å². The minimum atomic E-state index is -0.773. The molecule has 2 heteroatoms. The first-order valence-electron chi connectivity index (χ1n) is 7.32. The third kappa shape index (κ3) is 5.26. The van der Waals surface area contributed by atoms with Gasteiger partial charge < -0.3 is 9.84 Å². The van der Waals surface area contributed by atoms with E-state index in [1.165, 1.54) is 32.1 Å². The lowest BCUT2D eigenvalue weighted by molar-refractivity contribution is 0.0649. The van der Waals surface area contributed by atoms with Gasteiger partial charge in [-0.25, -0.2) is 0 Å². The lowest BCUT2D eigenvalue weighted by Crippen LogP contribution is -2.31. The van der Waals surface area contributed by atoms with Crippen molar-refractivity contribution in [1.82, 2.24) is 0 Å². The van der Waals surface area contributed by atoms with E-state index in [2.05, 4.69) is 6.92 Å². The molecule has 0 bridgehead atoms. The molecule has 0 fully saturated rings. The minimum Gasteiger partial charge on any atom is -0.494 e. The van der Waals surface area contributed by atoms with Crippen LogP contribution < -0.4 is 0 Å². The number of hydrogen-bond acceptors (Lipinski definition) is 2. The average molecular weight is 252 g/mol. The first-order chi connectivity index (χ1) is 8.56. The molecular weight excluding hydrogens is 224 g/mol. The minimum absolute atomic E-state index is 0.152. The average Bonchev–Trinajstić information content (AvgIpc) is 2.32. The summed E-state index contributed by atoms with van der Waals surface area (Å²) in [6.07, 6.45) is 13.4. The number of unbranched alkanes of at least 4 members (excludes halogenated alkanes) is 5. The summed E-state index contributed by atoms with van der Waals surface area (Å²) in [6.45, 7) is 6.83. The molecule has 2 nitrogen and oxygen atoms in total. The molecule has 0 radical (unpaired) electrons. The van der Waals surface area contributed by atoms with Crippen LogP contribution in [-0.2, 0) is 4.74 Å². The number of aliphatic hydroxyl groups is 1. The maximum Gasteiger partial charge on any atom is 0.117 e. The topological polar surface area (TPSA) is 29.5 Å². The molecule has 0 spiro atoms. The Morgan fingerprint density at radius 3 is 2.56 bits per heavy atom. The summed E-state index contributed by atoms with van der Waals surface area (Å²) in [4.78, 5) is 0. The number of rotatable bonds is 8. The molecule has 0 aliphatic heterocycles. The standard InChI is InChI=1S/C16H28O2/c1-4-5-6-7-8-9-12-18-15-11-10-14(2)16(3,17)13-15/h10-11,13-14,17H,4-9,12H2,1-3H3. The van der Waals surface area contributed by atoms with Crippen LogP contribution in [0.2, 0.25) is 0 Å². The van der Waals surface area contributed by atoms with Crippen molar-refractivity contribution in [3.8, 4) is 0 Å². The van der Waals surface area contributed by atoms with E-state index >= 15 is 0 Å². The van der Waals surface area contributed by atoms with Crippen LogP contribution in [0.1, 0.15) is 59.3 Å². The van der Waals surface area contributed by atoms with Gasteiger partial charge in [0.1, 0.15) is 5.76 Å². The highest BCUT2D eigenvalue weighted by molar-refractivity contribution is 5.25. The number of ether oxygens (including phenoxy) is 1. The zero-order chi connectivity index (χ0) is 13.4. The van der Waals surface area contributed by atoms with E-state index in [1.54, 1.807) is 0 Å². The molecule has 0 aromatic heterocycles. The number of allylic oxidation sites excluding steroid dienone is 1. The molecule has 0 heterocycles. The summed E-state index contributed by atoms with van der Waals surface area (Å²) < 4.78 is 5.69. The summed E-state index contributed by atoms with van der Waals surface area (Å²) in [7, 11) is 0. The zero-order valence-electron chi connectivity index (χ0n) is 12.1. The van der Waals surface area contributed by atoms with Gasteiger partial charge in [0.25, 0.3) is 0 Å². The molecule has 2 unspecified atom stereocenters. The molecule has 18 heavy (non-hydrogen) atoms. The summed E-state index contributed by atoms with van der Waals surface area (Å²) in [5.74, 6) is 0.963. The Morgan fingerprint density at radius 1 is 1.22 bits per heavy atom. The first-order valence-corrected chi connectivity index (χ1v) is 7.32. The van der Waals surface area contributed by atoms with Gasteiger partial charge in [-0.3, -0.25) is 0 Å². The summed E-state index contributed by atoms with van der Waals surface area (Å²) >= 11 is 0. The highest BCUT2D eigenvalue weighted by Crippen LogP contribution is 2.26. The summed E-state index contributed by atoms with van der Waals surface area (Å²) in [5.41, 5.74) is -0.773. The van der Waals surface area contributed by atoms with Crippen LogP contribution in [0.15, 0.2) is 24.0 Å². The maximum atomic E-state index is 10.1. The largest absolute Gasteiger partial charge is 0.494 e. The molecule has 1 aliphatic rings. The van der Waals surface area contributed by atoms with Crippen molar-refractivity contribution in [1.29, 1.82) is 0 Å². The van der Waals surface area contributed by atoms with Crippen molar-refractivity contribution in [2.75, 3.05) is 6.61 Å². The fourth-order valence-electron chi connectivity index (χ4n) is 2.06. The van der Waals surface area contributed by atoms with Crippen LogP contribution in [0.5, 0.6) is 0 Å². The Hall–Kier alpha value is -0.760. The third-order valence-electron chi connectivity index (χ3n) is 3.67. The monoisotopic (exact) mass is 252 g/mol. The maximum absolute atomic E-state index is 10.1. The molecule has 0 aromatic carbocycles. The predicted molar refractivity (Wildman–Crippen MR) is 76.3 cm³/mol. The van der Waals surface area contributed by atoms with E-state index < -0.39 is 5.60 Å². The van der Waals surface area contributed by atoms with E-state index in [9.17, 15) is 5.11 Å². The van der Waals surface area contributed by atoms with Gasteiger partial charge in [0.2, 0.25) is 0 Å². The zero-order valence-corrected chi connectivity index (χ0v) is 12.1. The molecule has 0 saturated carbocycles. The highest BCUT2D eigenvalue weighted by Gasteiger charge is 2.27. The molecule has 2 atom stereocenters. The Balaban J connectivity index is 2.15. The van der Waals surface area contributed by atoms with Gasteiger partial charge in [-0.1, -0.05) is 52.0 Å². The fraction of sp³-hybridized carbons (Fsp3) is 0.750. The normalized spacial score (nSPS) is 27.1. The van der Waals surface area contributed by atoms with Crippen LogP contribution in [0, 0.1) is 5.92 Å². The van der Waals surface area contributed by atoms with E-state index in [-0.39, 0.29) is 5.92 Å². The Labute approximate surface area is 112 Å². The van der Waals surface area contributed by atoms with Crippen molar-refractivity contribution < 1.29 is 9.84 Å². The van der Waals surface area contributed by atoms with Crippen LogP contribution in [0.4, 0.5) is 0 Å². The van der Waals surface area contributed by atoms with E-state index in [4.69, 9.17) is 4.74 Å². The van der Waals surface area contributed by atoms with Gasteiger partial charge in [-0.05, 0) is 25.5 Å². The Bertz CT molecular complexity index is 289. The van der Waals surface area contributed by atoms with Gasteiger partial charge in [0.05, 0.1) is 12.2 Å². The SMILES string of the molecule is CCCCCCCCOC1=CC(C)(O)C(C)C=C1. The molecule has 1 N–H and O–H groups in total. The third-order valence-corrected chi connectivity index (χ3v) is 3.67. The lowest BCUT2D eigenvalue weighted by Gasteiger charge is -2.28. The van der Waals surface area contributed by atoms with Gasteiger partial charge >= 0.3 is 0 Å². The quantitative estimate of drug-likeness (QED) is 0.656. The second-order valence-corrected chi connectivity index (χ2v) is 5.54. The van der Waals surface area contributed by atoms with E-state index in [0.717, 1.165) is 18.8 Å².